The van der Waals surface area contributed by atoms with Crippen molar-refractivity contribution in [2.24, 2.45) is 0 Å². The van der Waals surface area contributed by atoms with E-state index in [0.717, 1.165) is 66.3 Å². The Hall–Kier alpha value is -4.92. The normalized spacial score (nSPS) is 16.1. The molecule has 0 atom stereocenters. The molecular formula is C42H46N6O2. The molecule has 0 spiro atoms. The quantitative estimate of drug-likeness (QED) is 0.146. The minimum Gasteiger partial charge on any atom is -0.381 e. The Balaban J connectivity index is 1.08. The Morgan fingerprint density at radius 3 is 2.46 bits per heavy atom. The molecule has 50 heavy (non-hydrogen) atoms. The third-order valence-corrected chi connectivity index (χ3v) is 9.89. The van der Waals surface area contributed by atoms with Gasteiger partial charge in [-0.1, -0.05) is 60.2 Å². The summed E-state index contributed by atoms with van der Waals surface area (Å²) < 4.78 is 7.84. The average molecular weight is 667 g/mol. The van der Waals surface area contributed by atoms with Crippen LogP contribution in [-0.4, -0.2) is 74.1 Å². The zero-order valence-electron chi connectivity index (χ0n) is 29.2. The van der Waals surface area contributed by atoms with Crippen LogP contribution < -0.4 is 0 Å². The lowest BCUT2D eigenvalue weighted by molar-refractivity contribution is 0.0414. The minimum absolute atomic E-state index is 0.00301. The first kappa shape index (κ1) is 33.6. The summed E-state index contributed by atoms with van der Waals surface area (Å²) in [6, 6.07) is 25.1. The van der Waals surface area contributed by atoms with Gasteiger partial charge in [-0.25, -0.2) is 4.98 Å². The highest BCUT2D eigenvalue weighted by Gasteiger charge is 2.25. The molecule has 0 radical (unpaired) electrons. The summed E-state index contributed by atoms with van der Waals surface area (Å²) in [4.78, 5) is 32.4. The van der Waals surface area contributed by atoms with Gasteiger partial charge in [0.05, 0.1) is 17.4 Å². The molecule has 5 aromatic rings. The maximum atomic E-state index is 14.0. The molecule has 0 bridgehead atoms. The van der Waals surface area contributed by atoms with Gasteiger partial charge in [0.2, 0.25) is 0 Å². The fraction of sp³-hybridized carbons (Fsp3) is 0.333. The van der Waals surface area contributed by atoms with Gasteiger partial charge in [0.25, 0.3) is 5.91 Å². The van der Waals surface area contributed by atoms with Crippen LogP contribution in [0.15, 0.2) is 104 Å². The molecule has 0 saturated carbocycles. The van der Waals surface area contributed by atoms with Gasteiger partial charge >= 0.3 is 0 Å². The number of aromatic nitrogens is 4. The third kappa shape index (κ3) is 7.93. The van der Waals surface area contributed by atoms with Crippen molar-refractivity contribution >= 4 is 22.5 Å². The first-order valence-electron chi connectivity index (χ1n) is 17.9. The van der Waals surface area contributed by atoms with Crippen LogP contribution in [0.2, 0.25) is 0 Å². The predicted molar refractivity (Wildman–Crippen MR) is 199 cm³/mol. The number of imidazole rings is 1. The number of carbonyl (C=O) groups excluding carboxylic acids is 1. The highest BCUT2D eigenvalue weighted by molar-refractivity contribution is 5.95. The van der Waals surface area contributed by atoms with Crippen LogP contribution in [-0.2, 0) is 17.7 Å². The summed E-state index contributed by atoms with van der Waals surface area (Å²) >= 11 is 0. The van der Waals surface area contributed by atoms with E-state index in [0.29, 0.717) is 31.7 Å². The molecule has 7 rings (SSSR count). The van der Waals surface area contributed by atoms with Crippen LogP contribution in [0, 0.1) is 13.8 Å². The number of fused-ring (bicyclic) bond motifs is 1. The van der Waals surface area contributed by atoms with Gasteiger partial charge in [-0.3, -0.25) is 19.7 Å². The largest absolute Gasteiger partial charge is 0.381 e. The molecule has 3 aromatic heterocycles. The molecule has 1 amide bonds. The van der Waals surface area contributed by atoms with Crippen LogP contribution in [0.5, 0.6) is 0 Å². The number of benzene rings is 2. The van der Waals surface area contributed by atoms with Gasteiger partial charge in [-0.2, -0.15) is 0 Å². The van der Waals surface area contributed by atoms with Crippen LogP contribution in [0.1, 0.15) is 69.9 Å². The molecule has 2 fully saturated rings. The summed E-state index contributed by atoms with van der Waals surface area (Å²) in [6.07, 6.45) is 14.8. The zero-order chi connectivity index (χ0) is 34.3. The van der Waals surface area contributed by atoms with Gasteiger partial charge in [0.15, 0.2) is 0 Å². The molecule has 0 N–H and O–H groups in total. The molecule has 0 aliphatic carbocycles. The molecule has 2 aliphatic rings. The minimum atomic E-state index is 0.00301. The van der Waals surface area contributed by atoms with E-state index in [4.69, 9.17) is 9.72 Å². The summed E-state index contributed by atoms with van der Waals surface area (Å²) in [5, 5.41) is 0. The summed E-state index contributed by atoms with van der Waals surface area (Å²) in [6.45, 7) is 9.36. The Morgan fingerprint density at radius 1 is 0.920 bits per heavy atom. The molecule has 2 saturated heterocycles. The predicted octanol–water partition coefficient (Wildman–Crippen LogP) is 7.40. The second-order valence-corrected chi connectivity index (χ2v) is 13.5. The molecule has 5 heterocycles. The van der Waals surface area contributed by atoms with E-state index in [-0.39, 0.29) is 11.9 Å². The summed E-state index contributed by atoms with van der Waals surface area (Å²) in [5.41, 5.74) is 9.27. The lowest BCUT2D eigenvalue weighted by Gasteiger charge is -2.32. The Labute approximate surface area is 295 Å². The van der Waals surface area contributed by atoms with E-state index in [9.17, 15) is 4.79 Å². The number of hydrogen-bond donors (Lipinski definition) is 0. The SMILES string of the molecule is Cc1ccc(C(=CCN2CCCC2)c2cccc(CC=CN(C(=O)c3ccc(Cn4c(C)nc5cnccc54)cc3)C3CCOCC3)n2)cc1. The standard InChI is InChI=1S/C42H46N6O2/c1-31-10-14-34(15-11-31)38(19-26-46-23-3-4-24-46)39-9-5-7-36(45-39)8-6-25-47(37-20-27-50-28-21-37)42(49)35-16-12-33(13-17-35)30-48-32(2)44-40-29-43-22-18-41(40)48/h5-7,9-19,22,25,29,37H,3-4,8,20-21,23-24,26-28,30H2,1-2H3. The van der Waals surface area contributed by atoms with Gasteiger partial charge in [0.1, 0.15) is 11.3 Å². The number of carbonyl (C=O) groups is 1. The molecule has 2 aliphatic heterocycles. The number of hydrogen-bond acceptors (Lipinski definition) is 6. The van der Waals surface area contributed by atoms with Crippen molar-refractivity contribution < 1.29 is 9.53 Å². The van der Waals surface area contributed by atoms with E-state index in [1.54, 1.807) is 12.4 Å². The maximum absolute atomic E-state index is 14.0. The Bertz CT molecular complexity index is 1970. The fourth-order valence-corrected chi connectivity index (χ4v) is 7.02. The summed E-state index contributed by atoms with van der Waals surface area (Å²) in [7, 11) is 0. The number of pyridine rings is 2. The van der Waals surface area contributed by atoms with Crippen LogP contribution in [0.3, 0.4) is 0 Å². The van der Waals surface area contributed by atoms with Gasteiger partial charge in [-0.15, -0.1) is 0 Å². The van der Waals surface area contributed by atoms with Crippen LogP contribution in [0.25, 0.3) is 16.6 Å². The van der Waals surface area contributed by atoms with Crippen molar-refractivity contribution in [3.63, 3.8) is 0 Å². The van der Waals surface area contributed by atoms with E-state index >= 15 is 0 Å². The Kier molecular flexibility index (Phi) is 10.6. The second-order valence-electron chi connectivity index (χ2n) is 13.5. The molecular weight excluding hydrogens is 621 g/mol. The van der Waals surface area contributed by atoms with E-state index in [1.165, 1.54) is 29.5 Å². The first-order valence-corrected chi connectivity index (χ1v) is 17.9. The van der Waals surface area contributed by atoms with Crippen molar-refractivity contribution in [3.8, 4) is 0 Å². The highest BCUT2D eigenvalue weighted by atomic mass is 16.5. The Morgan fingerprint density at radius 2 is 1.68 bits per heavy atom. The molecule has 8 heteroatoms. The van der Waals surface area contributed by atoms with E-state index in [2.05, 4.69) is 81.0 Å². The van der Waals surface area contributed by atoms with Crippen molar-refractivity contribution in [1.29, 1.82) is 0 Å². The van der Waals surface area contributed by atoms with Crippen molar-refractivity contribution in [1.82, 2.24) is 29.3 Å². The van der Waals surface area contributed by atoms with Crippen molar-refractivity contribution in [3.05, 3.63) is 143 Å². The lowest BCUT2D eigenvalue weighted by Crippen LogP contribution is -2.40. The first-order chi connectivity index (χ1) is 24.5. The van der Waals surface area contributed by atoms with Crippen molar-refractivity contribution in [2.75, 3.05) is 32.8 Å². The second kappa shape index (κ2) is 15.7. The van der Waals surface area contributed by atoms with E-state index < -0.39 is 0 Å². The number of nitrogens with zero attached hydrogens (tertiary/aromatic N) is 6. The molecule has 0 unspecified atom stereocenters. The average Bonchev–Trinajstić information content (AvgIpc) is 3.79. The number of amides is 1. The smallest absolute Gasteiger partial charge is 0.258 e. The lowest BCUT2D eigenvalue weighted by atomic mass is 10.00. The summed E-state index contributed by atoms with van der Waals surface area (Å²) in [5.74, 6) is 0.941. The number of ether oxygens (including phenoxy) is 1. The van der Waals surface area contributed by atoms with Crippen LogP contribution >= 0.6 is 0 Å². The molecule has 8 nitrogen and oxygen atoms in total. The number of likely N-dealkylation sites (tertiary alicyclic amines) is 1. The van der Waals surface area contributed by atoms with Gasteiger partial charge in [-0.05, 0) is 94.1 Å². The molecule has 256 valence electrons. The van der Waals surface area contributed by atoms with Crippen LogP contribution in [0.4, 0.5) is 0 Å². The zero-order valence-corrected chi connectivity index (χ0v) is 29.2. The number of allylic oxidation sites excluding steroid dienone is 1. The topological polar surface area (TPSA) is 76.4 Å². The number of rotatable bonds is 11. The highest BCUT2D eigenvalue weighted by Crippen LogP contribution is 2.25. The monoisotopic (exact) mass is 666 g/mol. The number of aryl methyl sites for hydroxylation is 2. The fourth-order valence-electron chi connectivity index (χ4n) is 7.02. The third-order valence-electron chi connectivity index (χ3n) is 9.89. The molecule has 2 aromatic carbocycles. The van der Waals surface area contributed by atoms with Gasteiger partial charge < -0.3 is 14.2 Å². The van der Waals surface area contributed by atoms with Gasteiger partial charge in [0, 0.05) is 68.0 Å². The maximum Gasteiger partial charge on any atom is 0.258 e. The van der Waals surface area contributed by atoms with Crippen molar-refractivity contribution in [2.45, 2.75) is 58.5 Å². The van der Waals surface area contributed by atoms with E-state index in [1.807, 2.05) is 48.4 Å².